The molecule has 0 saturated carbocycles. The van der Waals surface area contributed by atoms with E-state index in [2.05, 4.69) is 0 Å². The van der Waals surface area contributed by atoms with Crippen molar-refractivity contribution in [2.75, 3.05) is 13.2 Å². The Kier molecular flexibility index (Phi) is 14.8. The quantitative estimate of drug-likeness (QED) is 0.0509. The maximum Gasteiger partial charge on any atom is 0.330 e. The number of hydrogen-bond acceptors (Lipinski definition) is 16. The number of carbonyl (C=O) groups is 1. The molecule has 16 nitrogen and oxygen atoms in total. The van der Waals surface area contributed by atoms with Crippen LogP contribution in [0.1, 0.15) is 33.3 Å². The molecule has 1 heterocycles. The van der Waals surface area contributed by atoms with Gasteiger partial charge in [-0.25, -0.2) is 4.79 Å². The van der Waals surface area contributed by atoms with E-state index < -0.39 is 83.6 Å². The van der Waals surface area contributed by atoms with Crippen LogP contribution >= 0.6 is 0 Å². The van der Waals surface area contributed by atoms with Gasteiger partial charge in [0.15, 0.2) is 5.76 Å². The highest BCUT2D eigenvalue weighted by molar-refractivity contribution is 5.88. The third-order valence-corrected chi connectivity index (χ3v) is 9.27. The number of phenolic OH excluding ortho intramolecular Hbond substituents is 3. The molecule has 0 aliphatic heterocycles. The lowest BCUT2D eigenvalue weighted by atomic mass is 9.95. The van der Waals surface area contributed by atoms with E-state index >= 15 is 0 Å². The molecule has 0 aliphatic carbocycles. The monoisotopic (exact) mass is 784 g/mol. The Morgan fingerprint density at radius 2 is 1.29 bits per heavy atom. The average molecular weight is 785 g/mol. The van der Waals surface area contributed by atoms with Gasteiger partial charge in [0.05, 0.1) is 18.8 Å². The van der Waals surface area contributed by atoms with E-state index in [0.717, 1.165) is 18.2 Å². The standard InChI is InChI=1S/C40H48O16/c1-19(17-41)32(46)37(51)34(48)21(3)54-27-12-5-23(6-13-27)7-14-30(45)53-18-20(2)33(47)38(52)35(49)22(4)55-40-36(50)31-28(44)15-26(43)16-29(31)56-39(40)24-8-10-25(42)11-9-24/h5-16,19-22,32-35,37-38,41-44,46-49,51-52H,17-18H2,1-4H3/b14-7+/t19-,20-,21-,22-,32-,33-,34?,35?,37?,38?/m1/s1. The van der Waals surface area contributed by atoms with E-state index in [4.69, 9.17) is 18.6 Å². The second-order valence-corrected chi connectivity index (χ2v) is 13.7. The van der Waals surface area contributed by atoms with Gasteiger partial charge in [0.1, 0.15) is 70.6 Å². The molecule has 10 N–H and O–H groups in total. The van der Waals surface area contributed by atoms with Crippen molar-refractivity contribution in [1.82, 2.24) is 0 Å². The maximum atomic E-state index is 13.6. The van der Waals surface area contributed by atoms with E-state index in [0.29, 0.717) is 11.3 Å². The Hall–Kier alpha value is -5.20. The number of benzene rings is 3. The zero-order valence-electron chi connectivity index (χ0n) is 31.0. The van der Waals surface area contributed by atoms with Crippen molar-refractivity contribution in [3.8, 4) is 40.1 Å². The van der Waals surface area contributed by atoms with Gasteiger partial charge in [-0.3, -0.25) is 4.79 Å². The van der Waals surface area contributed by atoms with Crippen LogP contribution in [0.4, 0.5) is 0 Å². The van der Waals surface area contributed by atoms with Crippen molar-refractivity contribution in [3.05, 3.63) is 82.5 Å². The third-order valence-electron chi connectivity index (χ3n) is 9.27. The largest absolute Gasteiger partial charge is 0.508 e. The van der Waals surface area contributed by atoms with Gasteiger partial charge in [0, 0.05) is 42.2 Å². The van der Waals surface area contributed by atoms with Crippen molar-refractivity contribution in [2.24, 2.45) is 11.8 Å². The minimum Gasteiger partial charge on any atom is -0.508 e. The molecular formula is C40H48O16. The van der Waals surface area contributed by atoms with Gasteiger partial charge in [-0.2, -0.15) is 0 Å². The summed E-state index contributed by atoms with van der Waals surface area (Å²) in [6.45, 7) is 5.06. The average Bonchev–Trinajstić information content (AvgIpc) is 3.18. The summed E-state index contributed by atoms with van der Waals surface area (Å²) in [5.41, 5.74) is -0.228. The zero-order valence-corrected chi connectivity index (χ0v) is 31.0. The molecular weight excluding hydrogens is 736 g/mol. The van der Waals surface area contributed by atoms with Crippen molar-refractivity contribution in [3.63, 3.8) is 0 Å². The molecule has 0 aliphatic rings. The Balaban J connectivity index is 1.34. The van der Waals surface area contributed by atoms with Gasteiger partial charge < -0.3 is 69.7 Å². The van der Waals surface area contributed by atoms with Crippen molar-refractivity contribution >= 4 is 23.0 Å². The molecule has 10 atom stereocenters. The van der Waals surface area contributed by atoms with Crippen molar-refractivity contribution in [2.45, 2.75) is 76.5 Å². The summed E-state index contributed by atoms with van der Waals surface area (Å²) >= 11 is 0. The first-order valence-corrected chi connectivity index (χ1v) is 17.7. The number of carbonyl (C=O) groups excluding carboxylic acids is 1. The number of hydrogen-bond donors (Lipinski definition) is 10. The molecule has 4 rings (SSSR count). The van der Waals surface area contributed by atoms with Crippen LogP contribution in [0.2, 0.25) is 0 Å². The van der Waals surface area contributed by atoms with Crippen LogP contribution < -0.4 is 14.9 Å². The number of fused-ring (bicyclic) bond motifs is 1. The lowest BCUT2D eigenvalue weighted by Gasteiger charge is -2.30. The van der Waals surface area contributed by atoms with Crippen molar-refractivity contribution < 1.29 is 74.5 Å². The summed E-state index contributed by atoms with van der Waals surface area (Å²) in [6, 6.07) is 13.8. The number of aliphatic hydroxyl groups excluding tert-OH is 7. The Bertz CT molecular complexity index is 1990. The summed E-state index contributed by atoms with van der Waals surface area (Å²) < 4.78 is 22.5. The molecule has 4 aromatic rings. The van der Waals surface area contributed by atoms with Crippen LogP contribution in [0.15, 0.2) is 76.0 Å². The summed E-state index contributed by atoms with van der Waals surface area (Å²) in [6.07, 6.45) is -9.38. The number of aliphatic hydroxyl groups is 7. The van der Waals surface area contributed by atoms with E-state index in [1.54, 1.807) is 24.3 Å². The minimum atomic E-state index is -1.86. The van der Waals surface area contributed by atoms with Gasteiger partial charge in [-0.15, -0.1) is 0 Å². The summed E-state index contributed by atoms with van der Waals surface area (Å²) in [5.74, 6) is -3.72. The van der Waals surface area contributed by atoms with Gasteiger partial charge in [-0.1, -0.05) is 26.0 Å². The van der Waals surface area contributed by atoms with Crippen LogP contribution in [0.5, 0.6) is 28.7 Å². The maximum absolute atomic E-state index is 13.6. The number of esters is 1. The molecule has 16 heteroatoms. The highest BCUT2D eigenvalue weighted by Crippen LogP contribution is 2.37. The zero-order chi connectivity index (χ0) is 41.4. The molecule has 0 fully saturated rings. The highest BCUT2D eigenvalue weighted by Gasteiger charge is 2.36. The molecule has 0 radical (unpaired) electrons. The normalized spacial score (nSPS) is 17.3. The topological polar surface area (TPSA) is 277 Å². The first-order chi connectivity index (χ1) is 26.4. The molecule has 0 spiro atoms. The fraction of sp³-hybridized carbons (Fsp3) is 0.400. The fourth-order valence-corrected chi connectivity index (χ4v) is 5.64. The SMILES string of the molecule is C[C@H](CO)[C@@H](O)C(O)C(O)[C@@H](C)Oc1ccc(/C=C/C(=O)OC[C@@H](C)[C@@H](O)C(O)C(O)[C@@H](C)Oc2c(-c3ccc(O)cc3)oc3cc(O)cc(O)c3c2=O)cc1. The second-order valence-electron chi connectivity index (χ2n) is 13.7. The van der Waals surface area contributed by atoms with Gasteiger partial charge in [0.2, 0.25) is 11.2 Å². The lowest BCUT2D eigenvalue weighted by Crippen LogP contribution is -2.48. The predicted octanol–water partition coefficient (Wildman–Crippen LogP) is 1.80. The molecule has 304 valence electrons. The second kappa shape index (κ2) is 19.1. The molecule has 0 bridgehead atoms. The number of rotatable bonds is 18. The smallest absolute Gasteiger partial charge is 0.330 e. The van der Waals surface area contributed by atoms with E-state index in [9.17, 15) is 60.7 Å². The fourth-order valence-electron chi connectivity index (χ4n) is 5.64. The first-order valence-electron chi connectivity index (χ1n) is 17.7. The molecule has 0 amide bonds. The highest BCUT2D eigenvalue weighted by atomic mass is 16.5. The number of phenols is 3. The molecule has 0 saturated heterocycles. The molecule has 1 aromatic heterocycles. The van der Waals surface area contributed by atoms with E-state index in [1.807, 2.05) is 0 Å². The van der Waals surface area contributed by atoms with Crippen LogP contribution in [-0.4, -0.2) is 119 Å². The van der Waals surface area contributed by atoms with Gasteiger partial charge in [-0.05, 0) is 61.9 Å². The third kappa shape index (κ3) is 10.6. The first kappa shape index (κ1) is 43.5. The molecule has 3 aromatic carbocycles. The Morgan fingerprint density at radius 1 is 0.714 bits per heavy atom. The lowest BCUT2D eigenvalue weighted by molar-refractivity contribution is -0.144. The Labute approximate surface area is 321 Å². The van der Waals surface area contributed by atoms with Crippen LogP contribution in [-0.2, 0) is 9.53 Å². The van der Waals surface area contributed by atoms with Crippen molar-refractivity contribution in [1.29, 1.82) is 0 Å². The Morgan fingerprint density at radius 3 is 1.88 bits per heavy atom. The molecule has 56 heavy (non-hydrogen) atoms. The number of aromatic hydroxyl groups is 3. The predicted molar refractivity (Wildman–Crippen MR) is 201 cm³/mol. The van der Waals surface area contributed by atoms with Crippen LogP contribution in [0.25, 0.3) is 28.4 Å². The van der Waals surface area contributed by atoms with Gasteiger partial charge >= 0.3 is 5.97 Å². The van der Waals surface area contributed by atoms with E-state index in [-0.39, 0.29) is 47.0 Å². The van der Waals surface area contributed by atoms with Crippen LogP contribution in [0, 0.1) is 11.8 Å². The summed E-state index contributed by atoms with van der Waals surface area (Å²) in [5, 5.41) is 102. The minimum absolute atomic E-state index is 0.0834. The van der Waals surface area contributed by atoms with Crippen LogP contribution in [0.3, 0.4) is 0 Å². The number of ether oxygens (including phenoxy) is 3. The van der Waals surface area contributed by atoms with E-state index in [1.165, 1.54) is 58.0 Å². The summed E-state index contributed by atoms with van der Waals surface area (Å²) in [4.78, 5) is 26.0. The summed E-state index contributed by atoms with van der Waals surface area (Å²) in [7, 11) is 0. The molecule has 4 unspecified atom stereocenters. The van der Waals surface area contributed by atoms with Gasteiger partial charge in [0.25, 0.3) is 0 Å².